The van der Waals surface area contributed by atoms with Gasteiger partial charge in [0.15, 0.2) is 0 Å². The normalized spacial score (nSPS) is 17.8. The highest BCUT2D eigenvalue weighted by Gasteiger charge is 2.19. The number of hydrogen-bond donors (Lipinski definition) is 0. The number of oxime groups is 1. The monoisotopic (exact) mass is 268 g/mol. The van der Waals surface area contributed by atoms with E-state index in [4.69, 9.17) is 4.84 Å². The van der Waals surface area contributed by atoms with E-state index in [-0.39, 0.29) is 0 Å². The minimum Gasteiger partial charge on any atom is -0.399 e. The molecule has 15 heavy (non-hydrogen) atoms. The highest BCUT2D eigenvalue weighted by molar-refractivity contribution is 9.10. The molecule has 1 aliphatic heterocycles. The predicted molar refractivity (Wildman–Crippen MR) is 65.6 cm³/mol. The van der Waals surface area contributed by atoms with Crippen LogP contribution in [0.25, 0.3) is 0 Å². The summed E-state index contributed by atoms with van der Waals surface area (Å²) < 4.78 is 1.07. The zero-order chi connectivity index (χ0) is 10.8. The molecule has 1 aromatic carbocycles. The third-order valence-corrected chi connectivity index (χ3v) is 3.06. The molecule has 0 atom stereocenters. The summed E-state index contributed by atoms with van der Waals surface area (Å²) in [6.07, 6.45) is 0.924. The second-order valence-electron chi connectivity index (χ2n) is 3.55. The average molecular weight is 269 g/mol. The summed E-state index contributed by atoms with van der Waals surface area (Å²) in [4.78, 5) is 7.10. The molecular weight excluding hydrogens is 256 g/mol. The highest BCUT2D eigenvalue weighted by atomic mass is 79.9. The van der Waals surface area contributed by atoms with Crippen molar-refractivity contribution in [3.63, 3.8) is 0 Å². The molecular formula is C11H13BrN2O. The van der Waals surface area contributed by atoms with Gasteiger partial charge in [-0.25, -0.2) is 0 Å². The van der Waals surface area contributed by atoms with Crippen molar-refractivity contribution in [3.8, 4) is 0 Å². The summed E-state index contributed by atoms with van der Waals surface area (Å²) in [5.74, 6) is 0. The van der Waals surface area contributed by atoms with Crippen LogP contribution in [-0.2, 0) is 4.84 Å². The molecule has 0 bridgehead atoms. The Morgan fingerprint density at radius 3 is 3.00 bits per heavy atom. The lowest BCUT2D eigenvalue weighted by Crippen LogP contribution is -2.28. The Morgan fingerprint density at radius 2 is 2.27 bits per heavy atom. The molecule has 4 heteroatoms. The van der Waals surface area contributed by atoms with Crippen molar-refractivity contribution in [1.82, 2.24) is 0 Å². The van der Waals surface area contributed by atoms with Crippen LogP contribution < -0.4 is 4.90 Å². The quantitative estimate of drug-likeness (QED) is 0.732. The molecule has 1 heterocycles. The molecule has 0 spiro atoms. The largest absolute Gasteiger partial charge is 0.399 e. The number of halogens is 1. The first-order chi connectivity index (χ1) is 7.22. The van der Waals surface area contributed by atoms with Crippen LogP contribution in [0.5, 0.6) is 0 Å². The lowest BCUT2D eigenvalue weighted by Gasteiger charge is -2.28. The summed E-state index contributed by atoms with van der Waals surface area (Å²) >= 11 is 3.47. The Hall–Kier alpha value is -1.03. The van der Waals surface area contributed by atoms with Crippen LogP contribution in [0.4, 0.5) is 5.69 Å². The first-order valence-corrected chi connectivity index (χ1v) is 5.63. The van der Waals surface area contributed by atoms with Gasteiger partial charge in [-0.2, -0.15) is 0 Å². The second kappa shape index (κ2) is 4.23. The van der Waals surface area contributed by atoms with E-state index in [9.17, 15) is 0 Å². The maximum absolute atomic E-state index is 4.87. The summed E-state index contributed by atoms with van der Waals surface area (Å²) in [6.45, 7) is 0.983. The van der Waals surface area contributed by atoms with Crippen molar-refractivity contribution in [2.24, 2.45) is 5.16 Å². The zero-order valence-corrected chi connectivity index (χ0v) is 10.4. The number of hydrogen-bond acceptors (Lipinski definition) is 3. The first kappa shape index (κ1) is 10.5. The Morgan fingerprint density at radius 1 is 1.47 bits per heavy atom. The predicted octanol–water partition coefficient (Wildman–Crippen LogP) is 2.64. The minimum absolute atomic E-state index is 0.924. The van der Waals surface area contributed by atoms with Gasteiger partial charge in [0.1, 0.15) is 7.11 Å². The van der Waals surface area contributed by atoms with Crippen molar-refractivity contribution in [2.45, 2.75) is 6.42 Å². The van der Waals surface area contributed by atoms with Crippen LogP contribution in [0.3, 0.4) is 0 Å². The molecule has 3 nitrogen and oxygen atoms in total. The second-order valence-corrected chi connectivity index (χ2v) is 4.47. The number of nitrogens with zero attached hydrogens (tertiary/aromatic N) is 2. The molecule has 0 saturated heterocycles. The fraction of sp³-hybridized carbons (Fsp3) is 0.364. The van der Waals surface area contributed by atoms with Crippen LogP contribution in [0.15, 0.2) is 27.8 Å². The van der Waals surface area contributed by atoms with Crippen LogP contribution >= 0.6 is 15.9 Å². The molecule has 0 N–H and O–H groups in total. The number of anilines is 1. The topological polar surface area (TPSA) is 24.8 Å². The molecule has 2 rings (SSSR count). The molecule has 80 valence electrons. The Labute approximate surface area is 97.8 Å². The van der Waals surface area contributed by atoms with Gasteiger partial charge >= 0.3 is 0 Å². The minimum atomic E-state index is 0.924. The standard InChI is InChI=1S/C11H13BrN2O/c1-14-6-5-10(13-15-2)9-7-8(12)3-4-11(9)14/h3-4,7H,5-6H2,1-2H3/b13-10-. The Kier molecular flexibility index (Phi) is 2.95. The van der Waals surface area contributed by atoms with Crippen molar-refractivity contribution in [1.29, 1.82) is 0 Å². The van der Waals surface area contributed by atoms with Crippen molar-refractivity contribution in [3.05, 3.63) is 28.2 Å². The summed E-state index contributed by atoms with van der Waals surface area (Å²) in [7, 11) is 3.68. The molecule has 0 amide bonds. The molecule has 1 aliphatic rings. The van der Waals surface area contributed by atoms with Gasteiger partial charge in [0.05, 0.1) is 5.71 Å². The van der Waals surface area contributed by atoms with Gasteiger partial charge in [-0.05, 0) is 18.2 Å². The molecule has 0 aromatic heterocycles. The van der Waals surface area contributed by atoms with E-state index in [0.29, 0.717) is 0 Å². The molecule has 0 fully saturated rings. The number of rotatable bonds is 1. The lowest BCUT2D eigenvalue weighted by atomic mass is 10.0. The highest BCUT2D eigenvalue weighted by Crippen LogP contribution is 2.29. The summed E-state index contributed by atoms with van der Waals surface area (Å²) in [6, 6.07) is 6.23. The van der Waals surface area contributed by atoms with Crippen LogP contribution in [0.2, 0.25) is 0 Å². The maximum atomic E-state index is 4.87. The smallest absolute Gasteiger partial charge is 0.106 e. The van der Waals surface area contributed by atoms with Crippen LogP contribution in [0, 0.1) is 0 Å². The van der Waals surface area contributed by atoms with Gasteiger partial charge < -0.3 is 9.74 Å². The summed E-state index contributed by atoms with van der Waals surface area (Å²) in [5.41, 5.74) is 3.38. The fourth-order valence-corrected chi connectivity index (χ4v) is 2.17. The van der Waals surface area contributed by atoms with Gasteiger partial charge in [-0.15, -0.1) is 0 Å². The van der Waals surface area contributed by atoms with E-state index < -0.39 is 0 Å². The molecule has 1 aromatic rings. The number of fused-ring (bicyclic) bond motifs is 1. The first-order valence-electron chi connectivity index (χ1n) is 4.83. The van der Waals surface area contributed by atoms with E-state index in [0.717, 1.165) is 28.7 Å². The van der Waals surface area contributed by atoms with E-state index in [2.05, 4.69) is 45.2 Å². The molecule has 0 aliphatic carbocycles. The lowest BCUT2D eigenvalue weighted by molar-refractivity contribution is 0.212. The van der Waals surface area contributed by atoms with Gasteiger partial charge in [0.25, 0.3) is 0 Å². The van der Waals surface area contributed by atoms with Gasteiger partial charge in [0, 0.05) is 35.7 Å². The fourth-order valence-electron chi connectivity index (χ4n) is 1.81. The van der Waals surface area contributed by atoms with Gasteiger partial charge in [0.2, 0.25) is 0 Å². The molecule has 0 unspecified atom stereocenters. The Balaban J connectivity index is 2.51. The third kappa shape index (κ3) is 2.00. The van der Waals surface area contributed by atoms with Crippen molar-refractivity contribution in [2.75, 3.05) is 25.6 Å². The van der Waals surface area contributed by atoms with Gasteiger partial charge in [-0.3, -0.25) is 0 Å². The maximum Gasteiger partial charge on any atom is 0.106 e. The van der Waals surface area contributed by atoms with Crippen LogP contribution in [0.1, 0.15) is 12.0 Å². The van der Waals surface area contributed by atoms with E-state index in [1.54, 1.807) is 7.11 Å². The van der Waals surface area contributed by atoms with E-state index in [1.807, 2.05) is 6.07 Å². The third-order valence-electron chi connectivity index (χ3n) is 2.57. The van der Waals surface area contributed by atoms with E-state index in [1.165, 1.54) is 5.69 Å². The number of benzene rings is 1. The zero-order valence-electron chi connectivity index (χ0n) is 8.83. The SMILES string of the molecule is CO/N=C1/CCN(C)c2ccc(Br)cc21. The van der Waals surface area contributed by atoms with Crippen molar-refractivity contribution < 1.29 is 4.84 Å². The molecule has 0 saturated carbocycles. The molecule has 0 radical (unpaired) electrons. The van der Waals surface area contributed by atoms with Crippen molar-refractivity contribution >= 4 is 27.3 Å². The van der Waals surface area contributed by atoms with Crippen LogP contribution in [-0.4, -0.2) is 26.4 Å². The Bertz CT molecular complexity index is 404. The van der Waals surface area contributed by atoms with Gasteiger partial charge in [-0.1, -0.05) is 21.1 Å². The average Bonchev–Trinajstić information content (AvgIpc) is 2.22. The summed E-state index contributed by atoms with van der Waals surface area (Å²) in [5, 5.41) is 4.07. The van der Waals surface area contributed by atoms with E-state index >= 15 is 0 Å².